The summed E-state index contributed by atoms with van der Waals surface area (Å²) in [6, 6.07) is 10.7. The Morgan fingerprint density at radius 3 is 2.10 bits per heavy atom. The number of hydrogen-bond donors (Lipinski definition) is 0. The van der Waals surface area contributed by atoms with Crippen molar-refractivity contribution in [1.82, 2.24) is 0 Å². The van der Waals surface area contributed by atoms with Gasteiger partial charge in [-0.25, -0.2) is 0 Å². The maximum absolute atomic E-state index is 6.27. The lowest BCUT2D eigenvalue weighted by Gasteiger charge is -2.32. The molecule has 0 N–H and O–H groups in total. The highest BCUT2D eigenvalue weighted by atomic mass is 16.7. The van der Waals surface area contributed by atoms with Crippen molar-refractivity contribution in [1.29, 1.82) is 0 Å². The normalized spacial score (nSPS) is 20.2. The van der Waals surface area contributed by atoms with Crippen molar-refractivity contribution >= 4 is 23.4 Å². The molecule has 2 nitrogen and oxygen atoms in total. The summed E-state index contributed by atoms with van der Waals surface area (Å²) in [6.45, 7) is 12.7. The topological polar surface area (TPSA) is 18.5 Å². The van der Waals surface area contributed by atoms with E-state index in [2.05, 4.69) is 71.9 Å². The van der Waals surface area contributed by atoms with Gasteiger partial charge in [0.15, 0.2) is 0 Å². The second-order valence-corrected chi connectivity index (χ2v) is 7.04. The van der Waals surface area contributed by atoms with Crippen LogP contribution < -0.4 is 5.46 Å². The van der Waals surface area contributed by atoms with E-state index in [1.165, 1.54) is 27.4 Å². The fraction of sp³-hybridized carbons (Fsp3) is 0.444. The average Bonchev–Trinajstić information content (AvgIpc) is 2.59. The molecular formula is C18H23BO2. The minimum atomic E-state index is -0.311. The molecular weight excluding hydrogens is 259 g/mol. The zero-order valence-electron chi connectivity index (χ0n) is 13.8. The minimum absolute atomic E-state index is 0.306. The van der Waals surface area contributed by atoms with Crippen molar-refractivity contribution in [2.75, 3.05) is 0 Å². The molecule has 2 aromatic rings. The molecule has 0 spiro atoms. The fourth-order valence-electron chi connectivity index (χ4n) is 2.89. The summed E-state index contributed by atoms with van der Waals surface area (Å²) in [6.07, 6.45) is 0. The van der Waals surface area contributed by atoms with Crippen LogP contribution in [0.5, 0.6) is 0 Å². The van der Waals surface area contributed by atoms with Gasteiger partial charge < -0.3 is 9.31 Å². The van der Waals surface area contributed by atoms with Gasteiger partial charge in [-0.2, -0.15) is 0 Å². The molecule has 3 heteroatoms. The van der Waals surface area contributed by atoms with Crippen molar-refractivity contribution < 1.29 is 9.31 Å². The first-order valence-electron chi connectivity index (χ1n) is 7.57. The molecule has 0 saturated carbocycles. The Morgan fingerprint density at radius 2 is 1.48 bits per heavy atom. The van der Waals surface area contributed by atoms with Crippen LogP contribution in [-0.2, 0) is 9.31 Å². The maximum atomic E-state index is 6.27. The average molecular weight is 282 g/mol. The second kappa shape index (κ2) is 4.59. The van der Waals surface area contributed by atoms with Gasteiger partial charge in [0.1, 0.15) is 0 Å². The van der Waals surface area contributed by atoms with Crippen LogP contribution in [-0.4, -0.2) is 18.3 Å². The molecule has 0 unspecified atom stereocenters. The van der Waals surface area contributed by atoms with Crippen LogP contribution in [0, 0.1) is 13.8 Å². The Kier molecular flexibility index (Phi) is 3.19. The van der Waals surface area contributed by atoms with Gasteiger partial charge >= 0.3 is 7.12 Å². The summed E-state index contributed by atoms with van der Waals surface area (Å²) in [7, 11) is -0.306. The van der Waals surface area contributed by atoms with Gasteiger partial charge in [-0.1, -0.05) is 30.3 Å². The number of rotatable bonds is 1. The first kappa shape index (κ1) is 14.6. The Bertz CT molecular complexity index is 688. The predicted octanol–water partition coefficient (Wildman–Crippen LogP) is 3.76. The number of hydrogen-bond acceptors (Lipinski definition) is 2. The molecule has 1 saturated heterocycles. The second-order valence-electron chi connectivity index (χ2n) is 7.04. The number of fused-ring (bicyclic) bond motifs is 1. The molecule has 0 aliphatic carbocycles. The maximum Gasteiger partial charge on any atom is 0.495 e. The zero-order valence-corrected chi connectivity index (χ0v) is 13.8. The van der Waals surface area contributed by atoms with Gasteiger partial charge in [0.25, 0.3) is 0 Å². The highest BCUT2D eigenvalue weighted by Crippen LogP contribution is 2.37. The molecule has 3 rings (SSSR count). The van der Waals surface area contributed by atoms with E-state index in [9.17, 15) is 0 Å². The van der Waals surface area contributed by atoms with Crippen LogP contribution in [0.2, 0.25) is 0 Å². The predicted molar refractivity (Wildman–Crippen MR) is 89.1 cm³/mol. The van der Waals surface area contributed by atoms with Crippen LogP contribution in [0.1, 0.15) is 38.8 Å². The van der Waals surface area contributed by atoms with Gasteiger partial charge in [-0.3, -0.25) is 0 Å². The number of benzene rings is 2. The van der Waals surface area contributed by atoms with Gasteiger partial charge in [-0.15, -0.1) is 0 Å². The van der Waals surface area contributed by atoms with Gasteiger partial charge in [0, 0.05) is 0 Å². The molecule has 1 aliphatic heterocycles. The van der Waals surface area contributed by atoms with Crippen molar-refractivity contribution in [3.8, 4) is 0 Å². The first-order valence-corrected chi connectivity index (χ1v) is 7.57. The molecule has 2 aromatic carbocycles. The Balaban J connectivity index is 2.20. The summed E-state index contributed by atoms with van der Waals surface area (Å²) < 4.78 is 12.5. The minimum Gasteiger partial charge on any atom is -0.399 e. The highest BCUT2D eigenvalue weighted by molar-refractivity contribution is 6.65. The molecule has 0 bridgehead atoms. The zero-order chi connectivity index (χ0) is 15.4. The van der Waals surface area contributed by atoms with E-state index in [1.54, 1.807) is 0 Å². The van der Waals surface area contributed by atoms with E-state index < -0.39 is 0 Å². The van der Waals surface area contributed by atoms with Crippen LogP contribution in [0.25, 0.3) is 10.8 Å². The molecule has 1 aliphatic rings. The lowest BCUT2D eigenvalue weighted by molar-refractivity contribution is 0.00578. The number of aryl methyl sites for hydroxylation is 1. The standard InChI is InChI=1S/C18H23BO2/c1-12-11-14-9-7-8-10-15(14)16(13(12)2)19-20-17(3,4)18(5,6)21-19/h7-11H,1-6H3. The van der Waals surface area contributed by atoms with Crippen LogP contribution in [0.15, 0.2) is 30.3 Å². The molecule has 1 fully saturated rings. The largest absolute Gasteiger partial charge is 0.495 e. The van der Waals surface area contributed by atoms with E-state index in [0.29, 0.717) is 0 Å². The third kappa shape index (κ3) is 2.19. The monoisotopic (exact) mass is 282 g/mol. The van der Waals surface area contributed by atoms with Gasteiger partial charge in [0.05, 0.1) is 11.2 Å². The van der Waals surface area contributed by atoms with Crippen LogP contribution >= 0.6 is 0 Å². The van der Waals surface area contributed by atoms with Crippen molar-refractivity contribution in [3.05, 3.63) is 41.5 Å². The quantitative estimate of drug-likeness (QED) is 0.741. The lowest BCUT2D eigenvalue weighted by Crippen LogP contribution is -2.41. The van der Waals surface area contributed by atoms with Gasteiger partial charge in [-0.05, 0) is 68.9 Å². The highest BCUT2D eigenvalue weighted by Gasteiger charge is 2.52. The van der Waals surface area contributed by atoms with Crippen molar-refractivity contribution in [3.63, 3.8) is 0 Å². The smallest absolute Gasteiger partial charge is 0.399 e. The van der Waals surface area contributed by atoms with E-state index in [1.807, 2.05) is 0 Å². The van der Waals surface area contributed by atoms with E-state index in [-0.39, 0.29) is 18.3 Å². The third-order valence-electron chi connectivity index (χ3n) is 5.11. The Hall–Kier alpha value is -1.32. The summed E-state index contributed by atoms with van der Waals surface area (Å²) in [5.41, 5.74) is 3.08. The Labute approximate surface area is 127 Å². The van der Waals surface area contributed by atoms with Crippen molar-refractivity contribution in [2.24, 2.45) is 0 Å². The van der Waals surface area contributed by atoms with Gasteiger partial charge in [0.2, 0.25) is 0 Å². The SMILES string of the molecule is Cc1cc2ccccc2c(B2OC(C)(C)C(C)(C)O2)c1C. The van der Waals surface area contributed by atoms with Crippen LogP contribution in [0.4, 0.5) is 0 Å². The molecule has 110 valence electrons. The van der Waals surface area contributed by atoms with Crippen molar-refractivity contribution in [2.45, 2.75) is 52.7 Å². The molecule has 21 heavy (non-hydrogen) atoms. The van der Waals surface area contributed by atoms with E-state index >= 15 is 0 Å². The Morgan fingerprint density at radius 1 is 0.905 bits per heavy atom. The summed E-state index contributed by atoms with van der Waals surface area (Å²) >= 11 is 0. The summed E-state index contributed by atoms with van der Waals surface area (Å²) in [5.74, 6) is 0. The first-order chi connectivity index (χ1) is 9.73. The lowest BCUT2D eigenvalue weighted by atomic mass is 9.72. The third-order valence-corrected chi connectivity index (χ3v) is 5.11. The molecule has 0 atom stereocenters. The summed E-state index contributed by atoms with van der Waals surface area (Å²) in [4.78, 5) is 0. The molecule has 1 heterocycles. The molecule has 0 amide bonds. The van der Waals surface area contributed by atoms with E-state index in [0.717, 1.165) is 0 Å². The van der Waals surface area contributed by atoms with Crippen LogP contribution in [0.3, 0.4) is 0 Å². The fourth-order valence-corrected chi connectivity index (χ4v) is 2.89. The summed E-state index contributed by atoms with van der Waals surface area (Å²) in [5, 5.41) is 2.46. The molecule has 0 radical (unpaired) electrons. The van der Waals surface area contributed by atoms with E-state index in [4.69, 9.17) is 9.31 Å². The molecule has 0 aromatic heterocycles.